The van der Waals surface area contributed by atoms with Gasteiger partial charge in [0.1, 0.15) is 11.9 Å². The first-order valence-corrected chi connectivity index (χ1v) is 10.1. The molecule has 4 rings (SSSR count). The third-order valence-electron chi connectivity index (χ3n) is 5.55. The van der Waals surface area contributed by atoms with E-state index in [0.29, 0.717) is 29.9 Å². The van der Waals surface area contributed by atoms with Crippen molar-refractivity contribution in [2.45, 2.75) is 33.3 Å². The third kappa shape index (κ3) is 3.96. The van der Waals surface area contributed by atoms with Gasteiger partial charge in [0.05, 0.1) is 19.3 Å². The number of ether oxygens (including phenoxy) is 2. The second-order valence-corrected chi connectivity index (χ2v) is 7.84. The highest BCUT2D eigenvalue weighted by Crippen LogP contribution is 2.35. The Balaban J connectivity index is 1.56. The van der Waals surface area contributed by atoms with Gasteiger partial charge in [-0.1, -0.05) is 54.1 Å². The van der Waals surface area contributed by atoms with Crippen molar-refractivity contribution in [3.8, 4) is 5.95 Å². The third-order valence-corrected chi connectivity index (χ3v) is 5.55. The highest BCUT2D eigenvalue weighted by Gasteiger charge is 2.28. The Labute approximate surface area is 176 Å². The molecular weight excluding hydrogens is 376 g/mol. The zero-order valence-electron chi connectivity index (χ0n) is 17.8. The minimum absolute atomic E-state index is 0.0542. The second-order valence-electron chi connectivity index (χ2n) is 7.84. The minimum atomic E-state index is -0.271. The van der Waals surface area contributed by atoms with Gasteiger partial charge in [-0.15, -0.1) is 0 Å². The monoisotopic (exact) mass is 402 g/mol. The van der Waals surface area contributed by atoms with Gasteiger partial charge in [0.25, 0.3) is 5.95 Å². The quantitative estimate of drug-likeness (QED) is 0.544. The van der Waals surface area contributed by atoms with Crippen molar-refractivity contribution in [2.24, 2.45) is 0 Å². The van der Waals surface area contributed by atoms with Crippen LogP contribution in [-0.2, 0) is 4.74 Å². The molecule has 154 valence electrons. The summed E-state index contributed by atoms with van der Waals surface area (Å²) in [5.41, 5.74) is 4.52. The summed E-state index contributed by atoms with van der Waals surface area (Å²) in [7, 11) is 1.51. The first-order chi connectivity index (χ1) is 14.5. The Morgan fingerprint density at radius 2 is 1.87 bits per heavy atom. The van der Waals surface area contributed by atoms with Crippen LogP contribution in [-0.4, -0.2) is 13.7 Å². The van der Waals surface area contributed by atoms with E-state index < -0.39 is 0 Å². The Kier molecular flexibility index (Phi) is 5.60. The van der Waals surface area contributed by atoms with Crippen LogP contribution in [0.25, 0.3) is 16.8 Å². The fourth-order valence-corrected chi connectivity index (χ4v) is 4.00. The van der Waals surface area contributed by atoms with E-state index in [4.69, 9.17) is 13.9 Å². The van der Waals surface area contributed by atoms with Gasteiger partial charge in [-0.25, -0.2) is 0 Å². The van der Waals surface area contributed by atoms with E-state index in [0.717, 1.165) is 5.57 Å². The topological polar surface area (TPSA) is 48.7 Å². The molecule has 4 nitrogen and oxygen atoms in total. The number of rotatable bonds is 4. The van der Waals surface area contributed by atoms with E-state index in [9.17, 15) is 4.79 Å². The van der Waals surface area contributed by atoms with E-state index in [1.807, 2.05) is 0 Å². The van der Waals surface area contributed by atoms with Crippen molar-refractivity contribution >= 4 is 16.8 Å². The van der Waals surface area contributed by atoms with Crippen LogP contribution >= 0.6 is 0 Å². The van der Waals surface area contributed by atoms with Crippen LogP contribution < -0.4 is 10.2 Å². The molecule has 0 aliphatic carbocycles. The average Bonchev–Trinajstić information content (AvgIpc) is 3.20. The Bertz CT molecular complexity index is 1210. The summed E-state index contributed by atoms with van der Waals surface area (Å²) in [5, 5.41) is 2.47. The molecule has 30 heavy (non-hydrogen) atoms. The second kappa shape index (κ2) is 8.33. The molecule has 0 bridgehead atoms. The first kappa shape index (κ1) is 20.2. The van der Waals surface area contributed by atoms with Crippen LogP contribution in [0.4, 0.5) is 0 Å². The van der Waals surface area contributed by atoms with Gasteiger partial charge in [0.15, 0.2) is 5.43 Å². The molecule has 4 heteroatoms. The molecule has 3 aromatic rings. The van der Waals surface area contributed by atoms with E-state index in [1.165, 1.54) is 29.0 Å². The smallest absolute Gasteiger partial charge is 0.291 e. The van der Waals surface area contributed by atoms with E-state index in [2.05, 4.69) is 61.5 Å². The van der Waals surface area contributed by atoms with Crippen LogP contribution in [0, 0.1) is 13.8 Å². The summed E-state index contributed by atoms with van der Waals surface area (Å²) in [5.74, 6) is 0.816. The highest BCUT2D eigenvalue weighted by atomic mass is 16.6. The van der Waals surface area contributed by atoms with Gasteiger partial charge in [-0.3, -0.25) is 4.79 Å². The maximum Gasteiger partial charge on any atom is 0.291 e. The van der Waals surface area contributed by atoms with Crippen molar-refractivity contribution in [1.29, 1.82) is 0 Å². The predicted molar refractivity (Wildman–Crippen MR) is 120 cm³/mol. The van der Waals surface area contributed by atoms with Crippen LogP contribution in [0.15, 0.2) is 68.9 Å². The lowest BCUT2D eigenvalue weighted by atomic mass is 10.0. The molecule has 0 N–H and O–H groups in total. The molecular formula is C26H26O4. The molecule has 1 aliphatic rings. The van der Waals surface area contributed by atoms with Gasteiger partial charge in [-0.2, -0.15) is 0 Å². The summed E-state index contributed by atoms with van der Waals surface area (Å²) in [6.07, 6.45) is 4.76. The van der Waals surface area contributed by atoms with Crippen LogP contribution in [0.2, 0.25) is 0 Å². The number of allylic oxidation sites excluding steroid dienone is 2. The predicted octanol–water partition coefficient (Wildman–Crippen LogP) is 5.91. The zero-order chi connectivity index (χ0) is 21.3. The molecule has 0 spiro atoms. The van der Waals surface area contributed by atoms with E-state index in [1.54, 1.807) is 13.8 Å². The zero-order valence-corrected chi connectivity index (χ0v) is 17.8. The Morgan fingerprint density at radius 1 is 1.10 bits per heavy atom. The molecule has 1 fully saturated rings. The van der Waals surface area contributed by atoms with Crippen molar-refractivity contribution in [3.63, 3.8) is 0 Å². The number of methoxy groups -OCH3 is 1. The number of hydrogen-bond donors (Lipinski definition) is 0. The van der Waals surface area contributed by atoms with Gasteiger partial charge >= 0.3 is 0 Å². The standard InChI is InChI=1S/C26H26O4/c1-16(11-19-9-10-21-7-5-6-8-22(21)13-19)12-20-14-23(29-15-20)25-17(2)24(27)18(3)26(28-4)30-25/h5-13,23H,14-15H2,1-4H3/b16-11+,20-12-/t23-/m1/s1. The highest BCUT2D eigenvalue weighted by molar-refractivity contribution is 5.84. The molecule has 1 aliphatic heterocycles. The van der Waals surface area contributed by atoms with E-state index in [-0.39, 0.29) is 17.5 Å². The lowest BCUT2D eigenvalue weighted by molar-refractivity contribution is 0.0880. The first-order valence-electron chi connectivity index (χ1n) is 10.1. The van der Waals surface area contributed by atoms with E-state index >= 15 is 0 Å². The number of hydrogen-bond acceptors (Lipinski definition) is 4. The minimum Gasteiger partial charge on any atom is -0.468 e. The molecule has 0 amide bonds. The fraction of sp³-hybridized carbons (Fsp3) is 0.269. The van der Waals surface area contributed by atoms with Crippen molar-refractivity contribution in [2.75, 3.05) is 13.7 Å². The van der Waals surface area contributed by atoms with Gasteiger partial charge < -0.3 is 13.9 Å². The van der Waals surface area contributed by atoms with Crippen LogP contribution in [0.1, 0.15) is 41.9 Å². The summed E-state index contributed by atoms with van der Waals surface area (Å²) >= 11 is 0. The van der Waals surface area contributed by atoms with Crippen molar-refractivity contribution in [3.05, 3.63) is 92.4 Å². The maximum atomic E-state index is 12.5. The fourth-order valence-electron chi connectivity index (χ4n) is 4.00. The van der Waals surface area contributed by atoms with Gasteiger partial charge in [-0.05, 0) is 48.7 Å². The lowest BCUT2D eigenvalue weighted by Gasteiger charge is -2.13. The lowest BCUT2D eigenvalue weighted by Crippen LogP contribution is -2.15. The molecule has 1 saturated heterocycles. The van der Waals surface area contributed by atoms with Crippen LogP contribution in [0.3, 0.4) is 0 Å². The molecule has 1 aromatic heterocycles. The SMILES string of the molecule is COc1oc([C@H]2C/C(=C/C(C)=C/c3ccc4ccccc4c3)CO2)c(C)c(=O)c1C. The number of benzene rings is 2. The molecule has 2 heterocycles. The normalized spacial score (nSPS) is 18.3. The summed E-state index contributed by atoms with van der Waals surface area (Å²) in [6.45, 7) is 6.11. The summed E-state index contributed by atoms with van der Waals surface area (Å²) in [6, 6.07) is 14.8. The summed E-state index contributed by atoms with van der Waals surface area (Å²) in [4.78, 5) is 12.5. The van der Waals surface area contributed by atoms with Crippen molar-refractivity contribution in [1.82, 2.24) is 0 Å². The Morgan fingerprint density at radius 3 is 2.63 bits per heavy atom. The van der Waals surface area contributed by atoms with Crippen LogP contribution in [0.5, 0.6) is 5.95 Å². The summed E-state index contributed by atoms with van der Waals surface area (Å²) < 4.78 is 17.0. The Hall–Kier alpha value is -3.11. The number of fused-ring (bicyclic) bond motifs is 1. The molecule has 2 aromatic carbocycles. The molecule has 0 unspecified atom stereocenters. The van der Waals surface area contributed by atoms with Gasteiger partial charge in [0, 0.05) is 12.0 Å². The van der Waals surface area contributed by atoms with Gasteiger partial charge in [0.2, 0.25) is 0 Å². The molecule has 0 saturated carbocycles. The van der Waals surface area contributed by atoms with Crippen molar-refractivity contribution < 1.29 is 13.9 Å². The molecule has 0 radical (unpaired) electrons. The largest absolute Gasteiger partial charge is 0.468 e. The maximum absolute atomic E-state index is 12.5. The molecule has 1 atom stereocenters. The average molecular weight is 402 g/mol.